The highest BCUT2D eigenvalue weighted by Gasteiger charge is 2.29. The average Bonchev–Trinajstić information content (AvgIpc) is 3.19. The van der Waals surface area contributed by atoms with Gasteiger partial charge in [0, 0.05) is 18.5 Å². The Labute approximate surface area is 178 Å². The van der Waals surface area contributed by atoms with Crippen LogP contribution in [0, 0.1) is 5.92 Å². The van der Waals surface area contributed by atoms with Crippen molar-refractivity contribution in [1.29, 1.82) is 0 Å². The zero-order valence-electron chi connectivity index (χ0n) is 16.1. The molecule has 150 valence electrons. The normalized spacial score (nSPS) is 14.9. The number of benzene rings is 1. The van der Waals surface area contributed by atoms with Crippen molar-refractivity contribution in [2.24, 2.45) is 5.92 Å². The standard InChI is InChI=1S/C22H21ClN2O3S/c1-2-28-22(27)14-9-11-25(12-10-14)21(26)16-13-18(19-7-8-20(23)29-19)24-17-6-4-3-5-15(16)17/h3-8,13-14H,2,9-12H2,1H3. The Balaban J connectivity index is 1.63. The van der Waals surface area contributed by atoms with Crippen LogP contribution in [0.5, 0.6) is 0 Å². The van der Waals surface area contributed by atoms with E-state index in [1.165, 1.54) is 11.3 Å². The first kappa shape index (κ1) is 19.9. The van der Waals surface area contributed by atoms with E-state index >= 15 is 0 Å². The van der Waals surface area contributed by atoms with Crippen LogP contribution in [0.15, 0.2) is 42.5 Å². The number of nitrogens with zero attached hydrogens (tertiary/aromatic N) is 2. The first-order valence-electron chi connectivity index (χ1n) is 9.68. The summed E-state index contributed by atoms with van der Waals surface area (Å²) in [4.78, 5) is 32.8. The molecule has 0 atom stereocenters. The minimum Gasteiger partial charge on any atom is -0.466 e. The van der Waals surface area contributed by atoms with E-state index in [0.29, 0.717) is 42.4 Å². The van der Waals surface area contributed by atoms with Crippen LogP contribution in [-0.2, 0) is 9.53 Å². The number of pyridine rings is 1. The van der Waals surface area contributed by atoms with E-state index in [-0.39, 0.29) is 17.8 Å². The number of fused-ring (bicyclic) bond motifs is 1. The van der Waals surface area contributed by atoms with Crippen molar-refractivity contribution in [2.45, 2.75) is 19.8 Å². The largest absolute Gasteiger partial charge is 0.466 e. The first-order valence-corrected chi connectivity index (χ1v) is 10.9. The number of thiophene rings is 1. The lowest BCUT2D eigenvalue weighted by Gasteiger charge is -2.31. The van der Waals surface area contributed by atoms with Crippen LogP contribution in [0.25, 0.3) is 21.5 Å². The number of ether oxygens (including phenoxy) is 1. The van der Waals surface area contributed by atoms with E-state index in [0.717, 1.165) is 21.5 Å². The Hall–Kier alpha value is -2.44. The molecule has 0 saturated carbocycles. The predicted octanol–water partition coefficient (Wildman–Crippen LogP) is 5.03. The van der Waals surface area contributed by atoms with Crippen molar-refractivity contribution in [3.8, 4) is 10.6 Å². The maximum absolute atomic E-state index is 13.4. The van der Waals surface area contributed by atoms with Crippen LogP contribution in [0.1, 0.15) is 30.1 Å². The Kier molecular flexibility index (Phi) is 5.83. The second-order valence-electron chi connectivity index (χ2n) is 6.99. The van der Waals surface area contributed by atoms with E-state index < -0.39 is 0 Å². The minimum atomic E-state index is -0.161. The molecule has 4 rings (SSSR count). The molecule has 2 aromatic heterocycles. The summed E-state index contributed by atoms with van der Waals surface area (Å²) in [5.74, 6) is -0.322. The highest BCUT2D eigenvalue weighted by molar-refractivity contribution is 7.19. The van der Waals surface area contributed by atoms with Crippen LogP contribution >= 0.6 is 22.9 Å². The van der Waals surface area contributed by atoms with Crippen molar-refractivity contribution < 1.29 is 14.3 Å². The Morgan fingerprint density at radius 3 is 2.66 bits per heavy atom. The van der Waals surface area contributed by atoms with Gasteiger partial charge in [0.15, 0.2) is 0 Å². The number of carbonyl (C=O) groups excluding carboxylic acids is 2. The molecule has 3 heterocycles. The van der Waals surface area contributed by atoms with E-state index in [2.05, 4.69) is 0 Å². The van der Waals surface area contributed by atoms with Crippen molar-refractivity contribution in [1.82, 2.24) is 9.88 Å². The highest BCUT2D eigenvalue weighted by Crippen LogP contribution is 2.33. The number of hydrogen-bond donors (Lipinski definition) is 0. The molecule has 5 nitrogen and oxygen atoms in total. The van der Waals surface area contributed by atoms with Gasteiger partial charge in [0.05, 0.1) is 38.5 Å². The number of hydrogen-bond acceptors (Lipinski definition) is 5. The van der Waals surface area contributed by atoms with Gasteiger partial charge in [-0.3, -0.25) is 9.59 Å². The lowest BCUT2D eigenvalue weighted by atomic mass is 9.96. The fourth-order valence-corrected chi connectivity index (χ4v) is 4.68. The molecule has 1 aliphatic rings. The van der Waals surface area contributed by atoms with Gasteiger partial charge in [-0.05, 0) is 44.0 Å². The topological polar surface area (TPSA) is 59.5 Å². The number of para-hydroxylation sites is 1. The third-order valence-corrected chi connectivity index (χ3v) is 6.43. The van der Waals surface area contributed by atoms with Gasteiger partial charge >= 0.3 is 5.97 Å². The zero-order chi connectivity index (χ0) is 20.4. The van der Waals surface area contributed by atoms with E-state index in [4.69, 9.17) is 21.3 Å². The minimum absolute atomic E-state index is 0.0326. The second kappa shape index (κ2) is 8.51. The zero-order valence-corrected chi connectivity index (χ0v) is 17.6. The molecule has 1 fully saturated rings. The van der Waals surface area contributed by atoms with Crippen molar-refractivity contribution >= 4 is 45.7 Å². The van der Waals surface area contributed by atoms with E-state index in [1.54, 1.807) is 0 Å². The van der Waals surface area contributed by atoms with Gasteiger partial charge in [0.1, 0.15) is 0 Å². The molecule has 29 heavy (non-hydrogen) atoms. The summed E-state index contributed by atoms with van der Waals surface area (Å²) in [6, 6.07) is 13.3. The van der Waals surface area contributed by atoms with Crippen LogP contribution in [0.3, 0.4) is 0 Å². The number of piperidine rings is 1. The molecule has 1 amide bonds. The van der Waals surface area contributed by atoms with Crippen molar-refractivity contribution in [2.75, 3.05) is 19.7 Å². The number of rotatable bonds is 4. The van der Waals surface area contributed by atoms with Crippen LogP contribution in [0.4, 0.5) is 0 Å². The Morgan fingerprint density at radius 2 is 1.97 bits per heavy atom. The molecule has 1 saturated heterocycles. The Bertz CT molecular complexity index is 1060. The molecule has 0 spiro atoms. The smallest absolute Gasteiger partial charge is 0.309 e. The van der Waals surface area contributed by atoms with E-state index in [9.17, 15) is 9.59 Å². The SMILES string of the molecule is CCOC(=O)C1CCN(C(=O)c2cc(-c3ccc(Cl)s3)nc3ccccc23)CC1. The maximum atomic E-state index is 13.4. The van der Waals surface area contributed by atoms with Gasteiger partial charge in [0.2, 0.25) is 0 Å². The number of carbonyl (C=O) groups is 2. The third-order valence-electron chi connectivity index (χ3n) is 5.17. The summed E-state index contributed by atoms with van der Waals surface area (Å²) in [6.07, 6.45) is 1.25. The monoisotopic (exact) mass is 428 g/mol. The number of likely N-dealkylation sites (tertiary alicyclic amines) is 1. The van der Waals surface area contributed by atoms with Crippen molar-refractivity contribution in [3.63, 3.8) is 0 Å². The summed E-state index contributed by atoms with van der Waals surface area (Å²) < 4.78 is 5.81. The predicted molar refractivity (Wildman–Crippen MR) is 115 cm³/mol. The Morgan fingerprint density at radius 1 is 1.21 bits per heavy atom. The molecule has 0 bridgehead atoms. The van der Waals surface area contributed by atoms with Crippen LogP contribution in [-0.4, -0.2) is 41.5 Å². The molecule has 7 heteroatoms. The van der Waals surface area contributed by atoms with Gasteiger partial charge in [0.25, 0.3) is 5.91 Å². The third kappa shape index (κ3) is 4.14. The fraction of sp³-hybridized carbons (Fsp3) is 0.318. The van der Waals surface area contributed by atoms with Gasteiger partial charge < -0.3 is 9.64 Å². The lowest BCUT2D eigenvalue weighted by molar-refractivity contribution is -0.149. The molecule has 1 aromatic carbocycles. The molecular weight excluding hydrogens is 408 g/mol. The number of amides is 1. The van der Waals surface area contributed by atoms with Crippen molar-refractivity contribution in [3.05, 3.63) is 52.4 Å². The summed E-state index contributed by atoms with van der Waals surface area (Å²) in [5, 5.41) is 0.830. The quantitative estimate of drug-likeness (QED) is 0.546. The highest BCUT2D eigenvalue weighted by atomic mass is 35.5. The summed E-state index contributed by atoms with van der Waals surface area (Å²) in [7, 11) is 0. The number of esters is 1. The van der Waals surface area contributed by atoms with E-state index in [1.807, 2.05) is 54.3 Å². The molecule has 0 radical (unpaired) electrons. The molecule has 0 N–H and O–H groups in total. The fourth-order valence-electron chi connectivity index (χ4n) is 3.68. The molecule has 0 unspecified atom stereocenters. The van der Waals surface area contributed by atoms with Gasteiger partial charge in [-0.1, -0.05) is 29.8 Å². The van der Waals surface area contributed by atoms with Crippen LogP contribution in [0.2, 0.25) is 4.34 Å². The average molecular weight is 429 g/mol. The number of halogens is 1. The first-order chi connectivity index (χ1) is 14.1. The van der Waals surface area contributed by atoms with Gasteiger partial charge in [-0.2, -0.15) is 0 Å². The molecule has 0 aliphatic carbocycles. The molecule has 3 aromatic rings. The summed E-state index contributed by atoms with van der Waals surface area (Å²) >= 11 is 7.53. The molecule has 1 aliphatic heterocycles. The lowest BCUT2D eigenvalue weighted by Crippen LogP contribution is -2.40. The second-order valence-corrected chi connectivity index (χ2v) is 8.71. The van der Waals surface area contributed by atoms with Gasteiger partial charge in [-0.25, -0.2) is 4.98 Å². The van der Waals surface area contributed by atoms with Gasteiger partial charge in [-0.15, -0.1) is 11.3 Å². The molecular formula is C22H21ClN2O3S. The maximum Gasteiger partial charge on any atom is 0.309 e. The summed E-state index contributed by atoms with van der Waals surface area (Å²) in [6.45, 7) is 3.28. The van der Waals surface area contributed by atoms with Crippen LogP contribution < -0.4 is 0 Å². The number of aromatic nitrogens is 1. The summed E-state index contributed by atoms with van der Waals surface area (Å²) in [5.41, 5.74) is 2.15.